The van der Waals surface area contributed by atoms with Crippen LogP contribution in [0.5, 0.6) is 0 Å². The van der Waals surface area contributed by atoms with E-state index in [9.17, 15) is 0 Å². The molecule has 1 saturated carbocycles. The fraction of sp³-hybridized carbons (Fsp3) is 0.647. The van der Waals surface area contributed by atoms with Crippen LogP contribution in [0.1, 0.15) is 44.6 Å². The van der Waals surface area contributed by atoms with Crippen molar-refractivity contribution in [1.82, 2.24) is 5.32 Å². The number of anilines is 1. The van der Waals surface area contributed by atoms with E-state index in [0.717, 1.165) is 13.1 Å². The van der Waals surface area contributed by atoms with Crippen molar-refractivity contribution in [2.45, 2.75) is 57.5 Å². The fourth-order valence-corrected chi connectivity index (χ4v) is 4.05. The summed E-state index contributed by atoms with van der Waals surface area (Å²) < 4.78 is 1.22. The molecule has 1 unspecified atom stereocenters. The van der Waals surface area contributed by atoms with E-state index in [4.69, 9.17) is 0 Å². The Balaban J connectivity index is 1.84. The molecular formula is C17H25BrN2. The lowest BCUT2D eigenvalue weighted by atomic mass is 9.79. The summed E-state index contributed by atoms with van der Waals surface area (Å²) >= 11 is 3.68. The molecule has 2 fully saturated rings. The lowest BCUT2D eigenvalue weighted by molar-refractivity contribution is 0.200. The maximum Gasteiger partial charge on any atom is 0.0387 e. The Hall–Kier alpha value is -0.540. The molecule has 3 rings (SSSR count). The Morgan fingerprint density at radius 3 is 2.70 bits per heavy atom. The normalized spacial score (nSPS) is 25.9. The van der Waals surface area contributed by atoms with E-state index in [1.54, 1.807) is 0 Å². The second kappa shape index (κ2) is 5.69. The Kier molecular flexibility index (Phi) is 4.09. The molecule has 0 radical (unpaired) electrons. The summed E-state index contributed by atoms with van der Waals surface area (Å²) in [6.07, 6.45) is 6.85. The summed E-state index contributed by atoms with van der Waals surface area (Å²) in [5.41, 5.74) is 3.03. The van der Waals surface area contributed by atoms with E-state index in [2.05, 4.69) is 58.2 Å². The minimum absolute atomic E-state index is 0.363. The first kappa shape index (κ1) is 14.4. The first-order valence-corrected chi connectivity index (χ1v) is 8.67. The predicted octanol–water partition coefficient (Wildman–Crippen LogP) is 4.26. The van der Waals surface area contributed by atoms with Crippen molar-refractivity contribution in [1.29, 1.82) is 0 Å². The maximum absolute atomic E-state index is 3.86. The summed E-state index contributed by atoms with van der Waals surface area (Å²) in [7, 11) is 0. The third-order valence-corrected chi connectivity index (χ3v) is 5.93. The molecule has 1 N–H and O–H groups in total. The number of hydrogen-bond acceptors (Lipinski definition) is 2. The van der Waals surface area contributed by atoms with E-state index in [0.29, 0.717) is 11.6 Å². The van der Waals surface area contributed by atoms with E-state index < -0.39 is 0 Å². The van der Waals surface area contributed by atoms with Crippen molar-refractivity contribution < 1.29 is 0 Å². The van der Waals surface area contributed by atoms with Crippen molar-refractivity contribution in [2.75, 3.05) is 18.0 Å². The zero-order chi connectivity index (χ0) is 14.2. The number of aryl methyl sites for hydroxylation is 1. The average Bonchev–Trinajstić information content (AvgIpc) is 2.46. The molecule has 0 amide bonds. The highest BCUT2D eigenvalue weighted by Crippen LogP contribution is 2.34. The van der Waals surface area contributed by atoms with Crippen LogP contribution < -0.4 is 10.2 Å². The Labute approximate surface area is 131 Å². The van der Waals surface area contributed by atoms with Crippen LogP contribution in [0.3, 0.4) is 0 Å². The van der Waals surface area contributed by atoms with Gasteiger partial charge in [-0.25, -0.2) is 0 Å². The van der Waals surface area contributed by atoms with Gasteiger partial charge in [-0.05, 0) is 44.4 Å². The Bertz CT molecular complexity index is 480. The topological polar surface area (TPSA) is 15.3 Å². The fourth-order valence-electron chi connectivity index (χ4n) is 3.68. The monoisotopic (exact) mass is 336 g/mol. The number of piperazine rings is 1. The SMILES string of the molecule is Cc1ccc(N2CC3(CCCCC3)NCC2C)cc1Br. The van der Waals surface area contributed by atoms with E-state index in [1.807, 2.05) is 0 Å². The molecule has 0 aromatic heterocycles. The molecule has 0 bridgehead atoms. The number of halogens is 1. The maximum atomic E-state index is 3.86. The van der Waals surface area contributed by atoms with Crippen LogP contribution in [0.4, 0.5) is 5.69 Å². The molecule has 1 saturated heterocycles. The van der Waals surface area contributed by atoms with Gasteiger partial charge in [-0.2, -0.15) is 0 Å². The van der Waals surface area contributed by atoms with Crippen molar-refractivity contribution in [3.8, 4) is 0 Å². The third kappa shape index (κ3) is 2.75. The van der Waals surface area contributed by atoms with Crippen LogP contribution in [-0.4, -0.2) is 24.7 Å². The molecule has 1 aliphatic heterocycles. The van der Waals surface area contributed by atoms with Crippen LogP contribution in [0.15, 0.2) is 22.7 Å². The summed E-state index contributed by atoms with van der Waals surface area (Å²) in [5, 5.41) is 3.86. The number of rotatable bonds is 1. The number of nitrogens with one attached hydrogen (secondary N) is 1. The molecule has 1 aromatic rings. The van der Waals surface area contributed by atoms with Crippen LogP contribution in [0.25, 0.3) is 0 Å². The minimum atomic E-state index is 0.363. The number of hydrogen-bond donors (Lipinski definition) is 1. The van der Waals surface area contributed by atoms with E-state index in [1.165, 1.54) is 47.8 Å². The molecule has 1 heterocycles. The smallest absolute Gasteiger partial charge is 0.0387 e. The zero-order valence-electron chi connectivity index (χ0n) is 12.6. The van der Waals surface area contributed by atoms with Crippen LogP contribution in [0.2, 0.25) is 0 Å². The van der Waals surface area contributed by atoms with Crippen LogP contribution >= 0.6 is 15.9 Å². The predicted molar refractivity (Wildman–Crippen MR) is 89.5 cm³/mol. The number of benzene rings is 1. The van der Waals surface area contributed by atoms with Gasteiger partial charge in [-0.1, -0.05) is 41.3 Å². The standard InChI is InChI=1S/C17H25BrN2/c1-13-6-7-15(10-16(13)18)20-12-17(19-11-14(20)2)8-4-3-5-9-17/h6-7,10,14,19H,3-5,8-9,11-12H2,1-2H3. The van der Waals surface area contributed by atoms with Gasteiger partial charge in [0.15, 0.2) is 0 Å². The molecule has 1 aliphatic carbocycles. The zero-order valence-corrected chi connectivity index (χ0v) is 14.2. The molecule has 110 valence electrons. The molecule has 2 nitrogen and oxygen atoms in total. The average molecular weight is 337 g/mol. The van der Waals surface area contributed by atoms with Crippen LogP contribution in [-0.2, 0) is 0 Å². The van der Waals surface area contributed by atoms with Crippen molar-refractivity contribution in [3.63, 3.8) is 0 Å². The highest BCUT2D eigenvalue weighted by atomic mass is 79.9. The highest BCUT2D eigenvalue weighted by molar-refractivity contribution is 9.10. The highest BCUT2D eigenvalue weighted by Gasteiger charge is 2.38. The Morgan fingerprint density at radius 2 is 2.00 bits per heavy atom. The van der Waals surface area contributed by atoms with Gasteiger partial charge in [0.1, 0.15) is 0 Å². The molecule has 20 heavy (non-hydrogen) atoms. The van der Waals surface area contributed by atoms with E-state index >= 15 is 0 Å². The van der Waals surface area contributed by atoms with Gasteiger partial charge in [0.05, 0.1) is 0 Å². The molecule has 2 aliphatic rings. The third-order valence-electron chi connectivity index (χ3n) is 5.08. The van der Waals surface area contributed by atoms with Gasteiger partial charge >= 0.3 is 0 Å². The molecule has 1 spiro atoms. The van der Waals surface area contributed by atoms with Crippen molar-refractivity contribution in [3.05, 3.63) is 28.2 Å². The second-order valence-electron chi connectivity index (χ2n) is 6.63. The summed E-state index contributed by atoms with van der Waals surface area (Å²) in [6, 6.07) is 7.35. The largest absolute Gasteiger partial charge is 0.366 e. The minimum Gasteiger partial charge on any atom is -0.366 e. The Morgan fingerprint density at radius 1 is 1.25 bits per heavy atom. The van der Waals surface area contributed by atoms with Gasteiger partial charge in [0, 0.05) is 34.8 Å². The molecular weight excluding hydrogens is 312 g/mol. The van der Waals surface area contributed by atoms with Crippen molar-refractivity contribution >= 4 is 21.6 Å². The van der Waals surface area contributed by atoms with Crippen LogP contribution in [0, 0.1) is 6.92 Å². The lowest BCUT2D eigenvalue weighted by Crippen LogP contribution is -2.64. The first-order valence-electron chi connectivity index (χ1n) is 7.87. The van der Waals surface area contributed by atoms with E-state index in [-0.39, 0.29) is 0 Å². The van der Waals surface area contributed by atoms with Crippen molar-refractivity contribution in [2.24, 2.45) is 0 Å². The summed E-state index contributed by atoms with van der Waals surface area (Å²) in [4.78, 5) is 2.60. The van der Waals surface area contributed by atoms with Gasteiger partial charge in [-0.15, -0.1) is 0 Å². The first-order chi connectivity index (χ1) is 9.60. The summed E-state index contributed by atoms with van der Waals surface area (Å²) in [6.45, 7) is 6.74. The molecule has 3 heteroatoms. The summed E-state index contributed by atoms with van der Waals surface area (Å²) in [5.74, 6) is 0. The molecule has 1 aromatic carbocycles. The van der Waals surface area contributed by atoms with Gasteiger partial charge < -0.3 is 10.2 Å². The second-order valence-corrected chi connectivity index (χ2v) is 7.49. The van der Waals surface area contributed by atoms with Gasteiger partial charge in [-0.3, -0.25) is 0 Å². The van der Waals surface area contributed by atoms with Gasteiger partial charge in [0.2, 0.25) is 0 Å². The molecule has 1 atom stereocenters. The number of nitrogens with zero attached hydrogens (tertiary/aromatic N) is 1. The van der Waals surface area contributed by atoms with Gasteiger partial charge in [0.25, 0.3) is 0 Å². The quantitative estimate of drug-likeness (QED) is 0.824. The lowest BCUT2D eigenvalue weighted by Gasteiger charge is -2.50.